The maximum absolute atomic E-state index is 3.67. The molecule has 1 unspecified atom stereocenters. The van der Waals surface area contributed by atoms with Crippen LogP contribution in [0.15, 0.2) is 72.8 Å². The molecule has 1 aliphatic heterocycles. The Balaban J connectivity index is 1.48. The van der Waals surface area contributed by atoms with Crippen LogP contribution in [0.2, 0.25) is 18.6 Å². The second-order valence-corrected chi connectivity index (χ2v) is 14.0. The number of para-hydroxylation sites is 4. The van der Waals surface area contributed by atoms with Gasteiger partial charge in [0, 0.05) is 0 Å². The molecule has 2 aliphatic carbocycles. The van der Waals surface area contributed by atoms with Gasteiger partial charge in [0.05, 0.1) is 22.7 Å². The summed E-state index contributed by atoms with van der Waals surface area (Å²) < 4.78 is 2.75. The Bertz CT molecular complexity index is 1200. The average molecular weight is 409 g/mol. The fourth-order valence-corrected chi connectivity index (χ4v) is 10.3. The van der Waals surface area contributed by atoms with E-state index in [1.807, 2.05) is 0 Å². The Morgan fingerprint density at radius 1 is 0.733 bits per heavy atom. The molecule has 30 heavy (non-hydrogen) atoms. The summed E-state index contributed by atoms with van der Waals surface area (Å²) in [5.74, 6) is 1.33. The number of hydrogen-bond acceptors (Lipinski definition) is 2. The Hall–Kier alpha value is -2.78. The molecule has 1 N–H and O–H groups in total. The van der Waals surface area contributed by atoms with Crippen LogP contribution in [0.25, 0.3) is 12.2 Å². The predicted octanol–water partition coefficient (Wildman–Crippen LogP) is 5.76. The largest absolute Gasteiger partial charge is 0.366 e. The van der Waals surface area contributed by atoms with Crippen molar-refractivity contribution in [3.05, 3.63) is 83.2 Å². The van der Waals surface area contributed by atoms with Gasteiger partial charge in [-0.15, -0.1) is 0 Å². The van der Waals surface area contributed by atoms with Gasteiger partial charge in [0.2, 0.25) is 0 Å². The molecular weight excluding hydrogens is 380 g/mol. The molecule has 3 heteroatoms. The van der Waals surface area contributed by atoms with Crippen LogP contribution in [-0.4, -0.2) is 8.24 Å². The van der Waals surface area contributed by atoms with E-state index < -0.39 is 8.24 Å². The Labute approximate surface area is 179 Å². The summed E-state index contributed by atoms with van der Waals surface area (Å²) in [6.45, 7) is 5.18. The molecular formula is C27H28N2Si. The first-order chi connectivity index (χ1) is 14.6. The molecule has 0 amide bonds. The maximum Gasteiger partial charge on any atom is 0.160 e. The number of anilines is 4. The first-order valence-corrected chi connectivity index (χ1v) is 14.2. The van der Waals surface area contributed by atoms with Gasteiger partial charge in [0.25, 0.3) is 0 Å². The highest BCUT2D eigenvalue weighted by Gasteiger charge is 2.49. The summed E-state index contributed by atoms with van der Waals surface area (Å²) >= 11 is 0. The lowest BCUT2D eigenvalue weighted by atomic mass is 9.89. The fourth-order valence-electron chi connectivity index (χ4n) is 6.18. The molecule has 3 aromatic rings. The molecule has 0 spiro atoms. The minimum absolute atomic E-state index is 0.649. The monoisotopic (exact) mass is 408 g/mol. The topological polar surface area (TPSA) is 15.3 Å². The minimum atomic E-state index is -1.86. The van der Waals surface area contributed by atoms with E-state index in [4.69, 9.17) is 0 Å². The molecule has 1 fully saturated rings. The zero-order valence-electron chi connectivity index (χ0n) is 17.7. The molecule has 6 rings (SSSR count). The third-order valence-electron chi connectivity index (χ3n) is 7.57. The minimum Gasteiger partial charge on any atom is -0.366 e. The lowest BCUT2D eigenvalue weighted by Crippen LogP contribution is -2.52. The van der Waals surface area contributed by atoms with Crippen molar-refractivity contribution in [2.24, 2.45) is 11.8 Å². The van der Waals surface area contributed by atoms with E-state index in [0.717, 1.165) is 5.54 Å². The summed E-state index contributed by atoms with van der Waals surface area (Å²) in [5, 5.41) is 6.52. The number of benzene rings is 3. The van der Waals surface area contributed by atoms with Crippen molar-refractivity contribution >= 4 is 43.1 Å². The molecule has 150 valence electrons. The third kappa shape index (κ3) is 2.61. The first kappa shape index (κ1) is 18.0. The van der Waals surface area contributed by atoms with Crippen molar-refractivity contribution in [2.75, 3.05) is 9.88 Å². The summed E-state index contributed by atoms with van der Waals surface area (Å²) in [5.41, 5.74) is 5.88. The Morgan fingerprint density at radius 3 is 1.97 bits per heavy atom. The number of rotatable bonds is 2. The smallest absolute Gasteiger partial charge is 0.160 e. The van der Waals surface area contributed by atoms with Crippen LogP contribution in [0.1, 0.15) is 12.8 Å². The van der Waals surface area contributed by atoms with E-state index in [-0.39, 0.29) is 0 Å². The van der Waals surface area contributed by atoms with Crippen LogP contribution < -0.4 is 20.3 Å². The highest BCUT2D eigenvalue weighted by atomic mass is 28.3. The van der Waals surface area contributed by atoms with Crippen LogP contribution in [0.3, 0.4) is 0 Å². The van der Waals surface area contributed by atoms with Gasteiger partial charge in [-0.3, -0.25) is 0 Å². The highest BCUT2D eigenvalue weighted by Crippen LogP contribution is 2.55. The highest BCUT2D eigenvalue weighted by molar-refractivity contribution is 6.84. The molecule has 0 aromatic heterocycles. The number of nitrogens with one attached hydrogen (secondary N) is 1. The molecule has 0 radical (unpaired) electrons. The van der Waals surface area contributed by atoms with E-state index in [2.05, 4.69) is 108 Å². The van der Waals surface area contributed by atoms with Crippen molar-refractivity contribution in [3.8, 4) is 0 Å². The van der Waals surface area contributed by atoms with E-state index >= 15 is 0 Å². The summed E-state index contributed by atoms with van der Waals surface area (Å²) in [6, 6.07) is 26.6. The quantitative estimate of drug-likeness (QED) is 0.543. The van der Waals surface area contributed by atoms with Gasteiger partial charge in [-0.05, 0) is 58.5 Å². The predicted molar refractivity (Wildman–Crippen MR) is 130 cm³/mol. The second-order valence-electron chi connectivity index (χ2n) is 9.54. The van der Waals surface area contributed by atoms with Crippen molar-refractivity contribution in [1.29, 1.82) is 0 Å². The first-order valence-electron chi connectivity index (χ1n) is 11.2. The summed E-state index contributed by atoms with van der Waals surface area (Å²) in [4.78, 5) is 0. The van der Waals surface area contributed by atoms with E-state index in [9.17, 15) is 0 Å². The van der Waals surface area contributed by atoms with Crippen molar-refractivity contribution in [2.45, 2.75) is 31.5 Å². The molecule has 3 aromatic carbocycles. The Morgan fingerprint density at radius 2 is 1.30 bits per heavy atom. The Kier molecular flexibility index (Phi) is 3.97. The second kappa shape index (κ2) is 6.61. The lowest BCUT2D eigenvalue weighted by molar-refractivity contribution is 0.598. The molecule has 1 saturated carbocycles. The van der Waals surface area contributed by atoms with Crippen molar-refractivity contribution < 1.29 is 0 Å². The van der Waals surface area contributed by atoms with Gasteiger partial charge >= 0.3 is 0 Å². The van der Waals surface area contributed by atoms with Crippen LogP contribution in [-0.2, 0) is 0 Å². The van der Waals surface area contributed by atoms with Crippen LogP contribution in [0.5, 0.6) is 0 Å². The van der Waals surface area contributed by atoms with Gasteiger partial charge in [-0.25, -0.2) is 0 Å². The molecule has 3 atom stereocenters. The summed E-state index contributed by atoms with van der Waals surface area (Å²) in [7, 11) is -1.86. The SMILES string of the molecule is C[Si](C)(C1CC[C@@H]2C=c3ccccc3=C[C@H]12)N1c2ccccc2Nc2ccccc21. The normalized spacial score (nSPS) is 23.8. The molecule has 0 saturated heterocycles. The lowest BCUT2D eigenvalue weighted by Gasteiger charge is -2.48. The zero-order valence-corrected chi connectivity index (χ0v) is 18.7. The molecule has 3 aliphatic rings. The number of fused-ring (bicyclic) bond motifs is 4. The zero-order chi connectivity index (χ0) is 20.3. The van der Waals surface area contributed by atoms with Gasteiger partial charge in [-0.1, -0.05) is 80.2 Å². The fraction of sp³-hybridized carbons (Fsp3) is 0.259. The van der Waals surface area contributed by atoms with Crippen LogP contribution >= 0.6 is 0 Å². The van der Waals surface area contributed by atoms with Gasteiger partial charge < -0.3 is 9.88 Å². The van der Waals surface area contributed by atoms with Crippen molar-refractivity contribution in [1.82, 2.24) is 0 Å². The third-order valence-corrected chi connectivity index (χ3v) is 11.7. The van der Waals surface area contributed by atoms with Gasteiger partial charge in [0.1, 0.15) is 0 Å². The van der Waals surface area contributed by atoms with E-state index in [0.29, 0.717) is 11.8 Å². The number of nitrogens with zero attached hydrogens (tertiary/aromatic N) is 1. The van der Waals surface area contributed by atoms with Crippen molar-refractivity contribution in [3.63, 3.8) is 0 Å². The van der Waals surface area contributed by atoms with Gasteiger partial charge in [0.15, 0.2) is 8.24 Å². The molecule has 2 nitrogen and oxygen atoms in total. The van der Waals surface area contributed by atoms with Crippen LogP contribution in [0.4, 0.5) is 22.7 Å². The maximum atomic E-state index is 3.67. The van der Waals surface area contributed by atoms with E-state index in [1.165, 1.54) is 46.0 Å². The average Bonchev–Trinajstić information content (AvgIpc) is 3.19. The molecule has 0 bridgehead atoms. The van der Waals surface area contributed by atoms with Crippen LogP contribution in [0, 0.1) is 11.8 Å². The van der Waals surface area contributed by atoms with E-state index in [1.54, 1.807) is 0 Å². The van der Waals surface area contributed by atoms with Gasteiger partial charge in [-0.2, -0.15) is 0 Å². The standard InChI is InChI=1S/C27H28N2Si/c1-30(2,27-16-15-21-17-19-9-3-4-10-20(19)18-22(21)27)29-25-13-7-5-11-23(25)28-24-12-6-8-14-26(24)29/h3-14,17-18,21-22,27-28H,15-16H2,1-2H3/t21-,22+,27?/m1/s1. The molecule has 1 heterocycles. The summed E-state index contributed by atoms with van der Waals surface area (Å²) in [6.07, 6.45) is 7.80. The number of hydrogen-bond donors (Lipinski definition) is 1.